The standard InChI is InChI=1S/C21H18ClN5O3S/c1-30-17-8-6-16(7-9-17)27-18(10-15-11-19(28)24-20(29)23-15)25-26-21(27)31-12-13-2-4-14(22)5-3-13/h2-9,11H,10,12H2,1H3,(H2,23,24,28,29). The van der Waals surface area contributed by atoms with E-state index in [0.29, 0.717) is 27.5 Å². The van der Waals surface area contributed by atoms with Crippen molar-refractivity contribution in [3.63, 3.8) is 0 Å². The molecule has 0 fully saturated rings. The van der Waals surface area contributed by atoms with Gasteiger partial charge in [0.25, 0.3) is 5.56 Å². The molecule has 0 atom stereocenters. The van der Waals surface area contributed by atoms with Crippen molar-refractivity contribution in [2.24, 2.45) is 0 Å². The molecule has 10 heteroatoms. The van der Waals surface area contributed by atoms with Gasteiger partial charge < -0.3 is 9.72 Å². The van der Waals surface area contributed by atoms with Crippen LogP contribution in [-0.2, 0) is 12.2 Å². The lowest BCUT2D eigenvalue weighted by Gasteiger charge is -2.11. The quantitative estimate of drug-likeness (QED) is 0.414. The molecule has 2 N–H and O–H groups in total. The van der Waals surface area contributed by atoms with Crippen molar-refractivity contribution < 1.29 is 4.74 Å². The van der Waals surface area contributed by atoms with E-state index in [4.69, 9.17) is 16.3 Å². The maximum absolute atomic E-state index is 11.7. The summed E-state index contributed by atoms with van der Waals surface area (Å²) in [5.41, 5.74) is 1.36. The summed E-state index contributed by atoms with van der Waals surface area (Å²) in [7, 11) is 1.61. The fraction of sp³-hybridized carbons (Fsp3) is 0.143. The molecule has 0 saturated carbocycles. The summed E-state index contributed by atoms with van der Waals surface area (Å²) in [5.74, 6) is 1.99. The summed E-state index contributed by atoms with van der Waals surface area (Å²) < 4.78 is 7.15. The lowest BCUT2D eigenvalue weighted by Crippen LogP contribution is -2.23. The van der Waals surface area contributed by atoms with Crippen LogP contribution in [0.25, 0.3) is 5.69 Å². The average Bonchev–Trinajstić information content (AvgIpc) is 3.15. The summed E-state index contributed by atoms with van der Waals surface area (Å²) in [6, 6.07) is 16.5. The normalized spacial score (nSPS) is 10.9. The number of rotatable bonds is 7. The van der Waals surface area contributed by atoms with E-state index in [1.807, 2.05) is 53.1 Å². The molecular formula is C21H18ClN5O3S. The minimum absolute atomic E-state index is 0.236. The zero-order chi connectivity index (χ0) is 21.8. The first-order chi connectivity index (χ1) is 15.0. The number of hydrogen-bond donors (Lipinski definition) is 2. The Bertz CT molecular complexity index is 1270. The lowest BCUT2D eigenvalue weighted by atomic mass is 10.2. The number of ether oxygens (including phenoxy) is 1. The van der Waals surface area contributed by atoms with E-state index >= 15 is 0 Å². The largest absolute Gasteiger partial charge is 0.497 e. The Morgan fingerprint density at radius 1 is 1.03 bits per heavy atom. The highest BCUT2D eigenvalue weighted by Gasteiger charge is 2.16. The van der Waals surface area contributed by atoms with E-state index in [0.717, 1.165) is 17.0 Å². The number of thioether (sulfide) groups is 1. The Kier molecular flexibility index (Phi) is 6.24. The van der Waals surface area contributed by atoms with Crippen LogP contribution in [0.3, 0.4) is 0 Å². The van der Waals surface area contributed by atoms with Crippen LogP contribution < -0.4 is 16.0 Å². The molecule has 4 rings (SSSR count). The topological polar surface area (TPSA) is 106 Å². The zero-order valence-corrected chi connectivity index (χ0v) is 18.0. The molecule has 0 unspecified atom stereocenters. The Labute approximate surface area is 186 Å². The molecule has 0 spiro atoms. The third-order valence-electron chi connectivity index (χ3n) is 4.48. The van der Waals surface area contributed by atoms with E-state index in [1.54, 1.807) is 7.11 Å². The SMILES string of the molecule is COc1ccc(-n2c(Cc3cc(=O)[nH]c(=O)[nH]3)nnc2SCc2ccc(Cl)cc2)cc1. The molecule has 0 amide bonds. The summed E-state index contributed by atoms with van der Waals surface area (Å²) in [6.45, 7) is 0. The predicted octanol–water partition coefficient (Wildman–Crippen LogP) is 3.19. The molecule has 0 aliphatic rings. The predicted molar refractivity (Wildman–Crippen MR) is 119 cm³/mol. The summed E-state index contributed by atoms with van der Waals surface area (Å²) in [5, 5.41) is 10.0. The van der Waals surface area contributed by atoms with Gasteiger partial charge in [0, 0.05) is 34.6 Å². The molecular weight excluding hydrogens is 438 g/mol. The molecule has 2 aromatic heterocycles. The van der Waals surface area contributed by atoms with Crippen molar-refractivity contribution in [2.45, 2.75) is 17.3 Å². The molecule has 158 valence electrons. The highest BCUT2D eigenvalue weighted by molar-refractivity contribution is 7.98. The number of benzene rings is 2. The molecule has 2 aromatic carbocycles. The molecule has 8 nitrogen and oxygen atoms in total. The van der Waals surface area contributed by atoms with Gasteiger partial charge in [-0.1, -0.05) is 35.5 Å². The Hall–Kier alpha value is -3.30. The second-order valence-corrected chi connectivity index (χ2v) is 8.02. The van der Waals surface area contributed by atoms with Crippen LogP contribution in [-0.4, -0.2) is 31.8 Å². The number of aromatic nitrogens is 5. The maximum atomic E-state index is 11.7. The molecule has 4 aromatic rings. The van der Waals surface area contributed by atoms with E-state index in [-0.39, 0.29) is 6.42 Å². The molecule has 0 saturated heterocycles. The van der Waals surface area contributed by atoms with Crippen LogP contribution >= 0.6 is 23.4 Å². The van der Waals surface area contributed by atoms with Crippen molar-refractivity contribution in [1.82, 2.24) is 24.7 Å². The second-order valence-electron chi connectivity index (χ2n) is 6.64. The van der Waals surface area contributed by atoms with Gasteiger partial charge in [0.2, 0.25) is 0 Å². The molecule has 0 aliphatic carbocycles. The Balaban J connectivity index is 1.69. The first kappa shape index (κ1) is 21.0. The summed E-state index contributed by atoms with van der Waals surface area (Å²) in [4.78, 5) is 28.1. The van der Waals surface area contributed by atoms with Crippen molar-refractivity contribution in [1.29, 1.82) is 0 Å². The van der Waals surface area contributed by atoms with Crippen LogP contribution in [0.2, 0.25) is 5.02 Å². The third-order valence-corrected chi connectivity index (χ3v) is 5.73. The van der Waals surface area contributed by atoms with Gasteiger partial charge in [-0.2, -0.15) is 0 Å². The summed E-state index contributed by atoms with van der Waals surface area (Å²) in [6.07, 6.45) is 0.236. The highest BCUT2D eigenvalue weighted by Crippen LogP contribution is 2.27. The van der Waals surface area contributed by atoms with Gasteiger partial charge in [-0.25, -0.2) is 4.79 Å². The van der Waals surface area contributed by atoms with E-state index in [2.05, 4.69) is 20.2 Å². The molecule has 0 radical (unpaired) electrons. The van der Waals surface area contributed by atoms with Gasteiger partial charge in [0.05, 0.1) is 7.11 Å². The van der Waals surface area contributed by atoms with Gasteiger partial charge in [-0.05, 0) is 42.0 Å². The molecule has 0 bridgehead atoms. The van der Waals surface area contributed by atoms with Crippen LogP contribution in [0.1, 0.15) is 17.1 Å². The van der Waals surface area contributed by atoms with Gasteiger partial charge >= 0.3 is 5.69 Å². The zero-order valence-electron chi connectivity index (χ0n) is 16.5. The number of aromatic amines is 2. The van der Waals surface area contributed by atoms with E-state index in [9.17, 15) is 9.59 Å². The van der Waals surface area contributed by atoms with Crippen LogP contribution in [0.4, 0.5) is 0 Å². The molecule has 0 aliphatic heterocycles. The fourth-order valence-corrected chi connectivity index (χ4v) is 4.07. The van der Waals surface area contributed by atoms with Gasteiger partial charge in [-0.3, -0.25) is 14.3 Å². The van der Waals surface area contributed by atoms with E-state index < -0.39 is 11.2 Å². The number of nitrogens with zero attached hydrogens (tertiary/aromatic N) is 3. The molecule has 2 heterocycles. The number of halogens is 1. The molecule has 31 heavy (non-hydrogen) atoms. The number of hydrogen-bond acceptors (Lipinski definition) is 6. The third kappa shape index (κ3) is 5.07. The minimum Gasteiger partial charge on any atom is -0.497 e. The lowest BCUT2D eigenvalue weighted by molar-refractivity contribution is 0.414. The summed E-state index contributed by atoms with van der Waals surface area (Å²) >= 11 is 7.49. The van der Waals surface area contributed by atoms with E-state index in [1.165, 1.54) is 17.8 Å². The first-order valence-electron chi connectivity index (χ1n) is 9.30. The van der Waals surface area contributed by atoms with Crippen LogP contribution in [0, 0.1) is 0 Å². The maximum Gasteiger partial charge on any atom is 0.325 e. The number of nitrogens with one attached hydrogen (secondary N) is 2. The van der Waals surface area contributed by atoms with Gasteiger partial charge in [0.1, 0.15) is 11.6 Å². The van der Waals surface area contributed by atoms with Crippen LogP contribution in [0.15, 0.2) is 69.3 Å². The monoisotopic (exact) mass is 455 g/mol. The Morgan fingerprint density at radius 3 is 2.45 bits per heavy atom. The Morgan fingerprint density at radius 2 is 1.77 bits per heavy atom. The van der Waals surface area contributed by atoms with Crippen molar-refractivity contribution in [3.05, 3.63) is 97.5 Å². The van der Waals surface area contributed by atoms with Gasteiger partial charge in [-0.15, -0.1) is 10.2 Å². The van der Waals surface area contributed by atoms with Crippen LogP contribution in [0.5, 0.6) is 5.75 Å². The van der Waals surface area contributed by atoms with Gasteiger partial charge in [0.15, 0.2) is 5.16 Å². The number of methoxy groups -OCH3 is 1. The van der Waals surface area contributed by atoms with Crippen molar-refractivity contribution in [2.75, 3.05) is 7.11 Å². The number of H-pyrrole nitrogens is 2. The van der Waals surface area contributed by atoms with Crippen molar-refractivity contribution >= 4 is 23.4 Å². The smallest absolute Gasteiger partial charge is 0.325 e. The minimum atomic E-state index is -0.560. The first-order valence-corrected chi connectivity index (χ1v) is 10.7. The average molecular weight is 456 g/mol. The second kappa shape index (κ2) is 9.23. The fourth-order valence-electron chi connectivity index (χ4n) is 3.01. The van der Waals surface area contributed by atoms with Crippen molar-refractivity contribution in [3.8, 4) is 11.4 Å². The highest BCUT2D eigenvalue weighted by atomic mass is 35.5.